The van der Waals surface area contributed by atoms with Gasteiger partial charge in [0.2, 0.25) is 0 Å². The SMILES string of the molecule is [CH2]C1N=CNN1. The van der Waals surface area contributed by atoms with Crippen LogP contribution in [0.5, 0.6) is 0 Å². The molecule has 0 spiro atoms. The maximum Gasteiger partial charge on any atom is 0.118 e. The molecular formula is C3H6N3. The van der Waals surface area contributed by atoms with Crippen LogP contribution in [0.15, 0.2) is 4.99 Å². The van der Waals surface area contributed by atoms with Gasteiger partial charge in [-0.15, -0.1) is 0 Å². The third-order valence-electron chi connectivity index (χ3n) is 0.569. The second kappa shape index (κ2) is 1.26. The highest BCUT2D eigenvalue weighted by atomic mass is 15.5. The highest BCUT2D eigenvalue weighted by molar-refractivity contribution is 5.55. The van der Waals surface area contributed by atoms with E-state index in [0.29, 0.717) is 0 Å². The highest BCUT2D eigenvalue weighted by Gasteiger charge is 1.96. The molecule has 0 aromatic carbocycles. The van der Waals surface area contributed by atoms with E-state index in [4.69, 9.17) is 0 Å². The molecule has 0 saturated carbocycles. The van der Waals surface area contributed by atoms with Crippen LogP contribution in [0, 0.1) is 6.92 Å². The molecule has 3 heteroatoms. The van der Waals surface area contributed by atoms with E-state index < -0.39 is 0 Å². The van der Waals surface area contributed by atoms with E-state index >= 15 is 0 Å². The summed E-state index contributed by atoms with van der Waals surface area (Å²) < 4.78 is 0. The number of hydrazine groups is 1. The van der Waals surface area contributed by atoms with Gasteiger partial charge in [-0.25, -0.2) is 5.43 Å². The number of nitrogens with zero attached hydrogens (tertiary/aromatic N) is 1. The predicted octanol–water partition coefficient (Wildman–Crippen LogP) is -0.717. The van der Waals surface area contributed by atoms with Crippen LogP contribution < -0.4 is 10.9 Å². The van der Waals surface area contributed by atoms with Gasteiger partial charge in [0.1, 0.15) is 6.17 Å². The zero-order chi connectivity index (χ0) is 4.41. The summed E-state index contributed by atoms with van der Waals surface area (Å²) >= 11 is 0. The first-order valence-corrected chi connectivity index (χ1v) is 1.75. The van der Waals surface area contributed by atoms with Gasteiger partial charge in [0, 0.05) is 0 Å². The number of hydrogen-bond acceptors (Lipinski definition) is 3. The van der Waals surface area contributed by atoms with Crippen molar-refractivity contribution in [3.05, 3.63) is 6.92 Å². The van der Waals surface area contributed by atoms with Gasteiger partial charge >= 0.3 is 0 Å². The largest absolute Gasteiger partial charge is 0.310 e. The Morgan fingerprint density at radius 3 is 2.83 bits per heavy atom. The molecule has 1 radical (unpaired) electrons. The van der Waals surface area contributed by atoms with Gasteiger partial charge in [-0.2, -0.15) is 0 Å². The number of nitrogens with one attached hydrogen (secondary N) is 2. The van der Waals surface area contributed by atoms with E-state index in [0.717, 1.165) is 0 Å². The number of hydrogen-bond donors (Lipinski definition) is 2. The van der Waals surface area contributed by atoms with Crippen molar-refractivity contribution in [3.63, 3.8) is 0 Å². The molecule has 0 aliphatic carbocycles. The Labute approximate surface area is 36.4 Å². The lowest BCUT2D eigenvalue weighted by molar-refractivity contribution is 0.633. The fraction of sp³-hybridized carbons (Fsp3) is 0.333. The molecule has 0 fully saturated rings. The third-order valence-corrected chi connectivity index (χ3v) is 0.569. The van der Waals surface area contributed by atoms with Crippen LogP contribution in [0.4, 0.5) is 0 Å². The molecule has 0 aromatic heterocycles. The fourth-order valence-corrected chi connectivity index (χ4v) is 0.298. The van der Waals surface area contributed by atoms with Crippen molar-refractivity contribution in [1.29, 1.82) is 0 Å². The lowest BCUT2D eigenvalue weighted by Crippen LogP contribution is -2.29. The van der Waals surface area contributed by atoms with Gasteiger partial charge in [-0.3, -0.25) is 4.99 Å². The first-order valence-electron chi connectivity index (χ1n) is 1.75. The molecule has 1 unspecified atom stereocenters. The van der Waals surface area contributed by atoms with Crippen molar-refractivity contribution in [1.82, 2.24) is 10.9 Å². The second-order valence-corrected chi connectivity index (χ2v) is 1.08. The first kappa shape index (κ1) is 3.61. The van der Waals surface area contributed by atoms with Gasteiger partial charge in [-0.1, -0.05) is 0 Å². The predicted molar refractivity (Wildman–Crippen MR) is 23.9 cm³/mol. The molecule has 1 atom stereocenters. The topological polar surface area (TPSA) is 36.4 Å². The maximum atomic E-state index is 3.78. The number of rotatable bonds is 0. The van der Waals surface area contributed by atoms with E-state index in [2.05, 4.69) is 22.8 Å². The van der Waals surface area contributed by atoms with Crippen LogP contribution in [-0.4, -0.2) is 12.5 Å². The quantitative estimate of drug-likeness (QED) is 0.406. The highest BCUT2D eigenvalue weighted by Crippen LogP contribution is 1.79. The van der Waals surface area contributed by atoms with Crippen molar-refractivity contribution in [2.45, 2.75) is 6.17 Å². The van der Waals surface area contributed by atoms with Crippen molar-refractivity contribution in [3.8, 4) is 0 Å². The average Bonchev–Trinajstić information content (AvgIpc) is 1.86. The van der Waals surface area contributed by atoms with Crippen LogP contribution in [0.2, 0.25) is 0 Å². The minimum Gasteiger partial charge on any atom is -0.310 e. The van der Waals surface area contributed by atoms with E-state index in [-0.39, 0.29) is 6.17 Å². The Morgan fingerprint density at radius 2 is 2.67 bits per heavy atom. The summed E-state index contributed by atoms with van der Waals surface area (Å²) in [5.41, 5.74) is 5.40. The Hall–Kier alpha value is -0.570. The van der Waals surface area contributed by atoms with E-state index in [9.17, 15) is 0 Å². The molecule has 6 heavy (non-hydrogen) atoms. The van der Waals surface area contributed by atoms with E-state index in [1.54, 1.807) is 6.34 Å². The molecule has 1 aliphatic heterocycles. The van der Waals surface area contributed by atoms with Crippen molar-refractivity contribution in [2.24, 2.45) is 4.99 Å². The molecule has 2 N–H and O–H groups in total. The van der Waals surface area contributed by atoms with Crippen LogP contribution in [-0.2, 0) is 0 Å². The monoisotopic (exact) mass is 84.1 g/mol. The van der Waals surface area contributed by atoms with Crippen molar-refractivity contribution in [2.75, 3.05) is 0 Å². The second-order valence-electron chi connectivity index (χ2n) is 1.08. The molecule has 1 heterocycles. The third kappa shape index (κ3) is 0.490. The summed E-state index contributed by atoms with van der Waals surface area (Å²) in [4.78, 5) is 3.78. The zero-order valence-electron chi connectivity index (χ0n) is 3.31. The van der Waals surface area contributed by atoms with Gasteiger partial charge in [-0.05, 0) is 6.92 Å². The summed E-state index contributed by atoms with van der Waals surface area (Å²) in [6.07, 6.45) is 1.59. The fourth-order valence-electron chi connectivity index (χ4n) is 0.298. The average molecular weight is 84.1 g/mol. The molecule has 3 nitrogen and oxygen atoms in total. The van der Waals surface area contributed by atoms with Gasteiger partial charge in [0.25, 0.3) is 0 Å². The van der Waals surface area contributed by atoms with Crippen molar-refractivity contribution < 1.29 is 0 Å². The normalized spacial score (nSPS) is 30.5. The standard InChI is InChI=1S/C3H6N3/c1-3-4-2-5-6-3/h2-3,6H,1H2,(H,4,5). The number of aliphatic imine (C=N–C) groups is 1. The molecule has 0 amide bonds. The summed E-state index contributed by atoms with van der Waals surface area (Å²) in [5, 5.41) is 0. The lowest BCUT2D eigenvalue weighted by atomic mass is 10.6. The summed E-state index contributed by atoms with van der Waals surface area (Å²) in [6.45, 7) is 3.57. The van der Waals surface area contributed by atoms with E-state index in [1.165, 1.54) is 0 Å². The Morgan fingerprint density at radius 1 is 1.83 bits per heavy atom. The lowest BCUT2D eigenvalue weighted by Gasteiger charge is -1.93. The Bertz CT molecular complexity index is 68.4. The minimum absolute atomic E-state index is 0.00463. The van der Waals surface area contributed by atoms with Gasteiger partial charge in [0.15, 0.2) is 0 Å². The van der Waals surface area contributed by atoms with Crippen LogP contribution in [0.1, 0.15) is 0 Å². The Balaban J connectivity index is 2.38. The Kier molecular flexibility index (Phi) is 0.759. The molecule has 0 saturated heterocycles. The summed E-state index contributed by atoms with van der Waals surface area (Å²) in [7, 11) is 0. The molecule has 33 valence electrons. The minimum atomic E-state index is 0.00463. The van der Waals surface area contributed by atoms with Crippen LogP contribution in [0.25, 0.3) is 0 Å². The van der Waals surface area contributed by atoms with Gasteiger partial charge < -0.3 is 5.43 Å². The summed E-state index contributed by atoms with van der Waals surface area (Å²) in [5.74, 6) is 0. The molecule has 1 aliphatic rings. The maximum absolute atomic E-state index is 3.78. The van der Waals surface area contributed by atoms with E-state index in [1.807, 2.05) is 0 Å². The van der Waals surface area contributed by atoms with Crippen LogP contribution in [0.3, 0.4) is 0 Å². The summed E-state index contributed by atoms with van der Waals surface area (Å²) in [6, 6.07) is 0. The molecule has 1 rings (SSSR count). The first-order chi connectivity index (χ1) is 2.89. The van der Waals surface area contributed by atoms with Crippen LogP contribution >= 0.6 is 0 Å². The smallest absolute Gasteiger partial charge is 0.118 e. The van der Waals surface area contributed by atoms with Gasteiger partial charge in [0.05, 0.1) is 6.34 Å². The molecule has 0 bridgehead atoms. The molecule has 0 aromatic rings. The van der Waals surface area contributed by atoms with Crippen molar-refractivity contribution >= 4 is 6.34 Å². The molecular weight excluding hydrogens is 78.1 g/mol. The zero-order valence-corrected chi connectivity index (χ0v) is 3.31.